The van der Waals surface area contributed by atoms with Crippen LogP contribution in [-0.2, 0) is 4.79 Å². The molecule has 0 saturated carbocycles. The Labute approximate surface area is 152 Å². The Kier molecular flexibility index (Phi) is 4.95. The van der Waals surface area contributed by atoms with Crippen LogP contribution in [0.5, 0.6) is 0 Å². The Balaban J connectivity index is 2.22. The van der Waals surface area contributed by atoms with Gasteiger partial charge < -0.3 is 5.73 Å². The van der Waals surface area contributed by atoms with Crippen LogP contribution in [0.3, 0.4) is 0 Å². The molecule has 3 rings (SSSR count). The number of thioether (sulfide) groups is 1. The molecule has 4 nitrogen and oxygen atoms in total. The first-order chi connectivity index (χ1) is 12.0. The molecular formula is C20H21N3OS. The average molecular weight is 351 g/mol. The SMILES string of the molecule is Cc1cccc(C)c1-n1c(-c2ccccc2)cnc1S[C@H](C)C(N)=O. The van der Waals surface area contributed by atoms with Crippen molar-refractivity contribution in [2.24, 2.45) is 5.73 Å². The van der Waals surface area contributed by atoms with E-state index in [9.17, 15) is 4.79 Å². The summed E-state index contributed by atoms with van der Waals surface area (Å²) in [6, 6.07) is 16.4. The highest BCUT2D eigenvalue weighted by atomic mass is 32.2. The number of aromatic nitrogens is 2. The maximum absolute atomic E-state index is 11.5. The zero-order valence-corrected chi connectivity index (χ0v) is 15.4. The number of nitrogens with two attached hydrogens (primary N) is 1. The normalized spacial score (nSPS) is 12.1. The quantitative estimate of drug-likeness (QED) is 0.703. The first kappa shape index (κ1) is 17.3. The van der Waals surface area contributed by atoms with Crippen LogP contribution in [0.1, 0.15) is 18.1 Å². The van der Waals surface area contributed by atoms with Gasteiger partial charge >= 0.3 is 0 Å². The van der Waals surface area contributed by atoms with Gasteiger partial charge in [0.15, 0.2) is 5.16 Å². The van der Waals surface area contributed by atoms with Crippen LogP contribution in [0.4, 0.5) is 0 Å². The van der Waals surface area contributed by atoms with Gasteiger partial charge in [0.2, 0.25) is 5.91 Å². The fraction of sp³-hybridized carbons (Fsp3) is 0.200. The smallest absolute Gasteiger partial charge is 0.230 e. The van der Waals surface area contributed by atoms with Crippen LogP contribution in [-0.4, -0.2) is 20.7 Å². The number of hydrogen-bond donors (Lipinski definition) is 1. The summed E-state index contributed by atoms with van der Waals surface area (Å²) in [7, 11) is 0. The first-order valence-corrected chi connectivity index (χ1v) is 9.02. The third kappa shape index (κ3) is 3.46. The van der Waals surface area contributed by atoms with E-state index in [1.165, 1.54) is 11.8 Å². The minimum Gasteiger partial charge on any atom is -0.369 e. The Morgan fingerprint density at radius 1 is 1.08 bits per heavy atom. The number of carbonyl (C=O) groups excluding carboxylic acids is 1. The largest absolute Gasteiger partial charge is 0.369 e. The van der Waals surface area contributed by atoms with Crippen molar-refractivity contribution in [2.75, 3.05) is 0 Å². The molecule has 0 fully saturated rings. The van der Waals surface area contributed by atoms with Crippen LogP contribution in [0, 0.1) is 13.8 Å². The second-order valence-electron chi connectivity index (χ2n) is 6.03. The van der Waals surface area contributed by atoms with E-state index < -0.39 is 0 Å². The minimum absolute atomic E-state index is 0.345. The summed E-state index contributed by atoms with van der Waals surface area (Å²) < 4.78 is 2.13. The van der Waals surface area contributed by atoms with Crippen molar-refractivity contribution < 1.29 is 4.79 Å². The molecule has 2 aromatic carbocycles. The molecule has 1 atom stereocenters. The lowest BCUT2D eigenvalue weighted by molar-refractivity contribution is -0.117. The van der Waals surface area contributed by atoms with Gasteiger partial charge in [0, 0.05) is 5.56 Å². The number of hydrogen-bond acceptors (Lipinski definition) is 3. The van der Waals surface area contributed by atoms with E-state index in [-0.39, 0.29) is 11.2 Å². The van der Waals surface area contributed by atoms with Gasteiger partial charge in [-0.1, -0.05) is 60.3 Å². The number of carbonyl (C=O) groups is 1. The molecule has 1 aromatic heterocycles. The number of para-hydroxylation sites is 1. The highest BCUT2D eigenvalue weighted by molar-refractivity contribution is 8.00. The maximum atomic E-state index is 11.5. The molecule has 0 bridgehead atoms. The van der Waals surface area contributed by atoms with Crippen molar-refractivity contribution >= 4 is 17.7 Å². The summed E-state index contributed by atoms with van der Waals surface area (Å²) in [6.45, 7) is 5.98. The molecule has 3 aromatic rings. The standard InChI is InChI=1S/C20H21N3OS/c1-13-8-7-9-14(2)18(13)23-17(16-10-5-4-6-11-16)12-22-20(23)25-15(3)19(21)24/h4-12,15H,1-3H3,(H2,21,24)/t15-/m1/s1. The molecule has 1 amide bonds. The summed E-state index contributed by atoms with van der Waals surface area (Å²) >= 11 is 1.38. The van der Waals surface area contributed by atoms with Gasteiger partial charge in [0.05, 0.1) is 22.8 Å². The second-order valence-corrected chi connectivity index (χ2v) is 7.34. The van der Waals surface area contributed by atoms with Gasteiger partial charge in [-0.25, -0.2) is 4.98 Å². The molecule has 0 radical (unpaired) electrons. The van der Waals surface area contributed by atoms with Gasteiger partial charge in [0.25, 0.3) is 0 Å². The second kappa shape index (κ2) is 7.15. The van der Waals surface area contributed by atoms with E-state index >= 15 is 0 Å². The van der Waals surface area contributed by atoms with E-state index in [0.717, 1.165) is 33.2 Å². The third-order valence-electron chi connectivity index (χ3n) is 4.14. The number of aryl methyl sites for hydroxylation is 2. The molecule has 2 N–H and O–H groups in total. The van der Waals surface area contributed by atoms with Crippen molar-refractivity contribution in [3.63, 3.8) is 0 Å². The number of rotatable bonds is 5. The van der Waals surface area contributed by atoms with Gasteiger partial charge in [0.1, 0.15) is 0 Å². The van der Waals surface area contributed by atoms with E-state index in [0.29, 0.717) is 0 Å². The lowest BCUT2D eigenvalue weighted by Gasteiger charge is -2.18. The first-order valence-electron chi connectivity index (χ1n) is 8.14. The van der Waals surface area contributed by atoms with Crippen molar-refractivity contribution in [1.29, 1.82) is 0 Å². The maximum Gasteiger partial charge on any atom is 0.230 e. The van der Waals surface area contributed by atoms with Gasteiger partial charge in [-0.3, -0.25) is 9.36 Å². The summed E-state index contributed by atoms with van der Waals surface area (Å²) in [5.41, 5.74) is 10.9. The molecule has 25 heavy (non-hydrogen) atoms. The molecule has 0 aliphatic heterocycles. The molecule has 0 aliphatic rings. The highest BCUT2D eigenvalue weighted by Crippen LogP contribution is 2.34. The summed E-state index contributed by atoms with van der Waals surface area (Å²) in [5.74, 6) is -0.345. The van der Waals surface area contributed by atoms with Crippen LogP contribution in [0.2, 0.25) is 0 Å². The fourth-order valence-electron chi connectivity index (χ4n) is 2.82. The molecule has 1 heterocycles. The number of primary amides is 1. The van der Waals surface area contributed by atoms with Gasteiger partial charge in [-0.2, -0.15) is 0 Å². The van der Waals surface area contributed by atoms with Gasteiger partial charge in [-0.15, -0.1) is 0 Å². The van der Waals surface area contributed by atoms with Crippen molar-refractivity contribution in [2.45, 2.75) is 31.2 Å². The molecule has 0 aliphatic carbocycles. The lowest BCUT2D eigenvalue weighted by Crippen LogP contribution is -2.23. The Bertz CT molecular complexity index is 882. The summed E-state index contributed by atoms with van der Waals surface area (Å²) in [4.78, 5) is 16.1. The lowest BCUT2D eigenvalue weighted by atomic mass is 10.1. The molecule has 0 spiro atoms. The Hall–Kier alpha value is -2.53. The summed E-state index contributed by atoms with van der Waals surface area (Å²) in [5, 5.41) is 0.414. The van der Waals surface area contributed by atoms with E-state index in [1.54, 1.807) is 6.92 Å². The topological polar surface area (TPSA) is 60.9 Å². The third-order valence-corrected chi connectivity index (χ3v) is 5.23. The number of amides is 1. The number of nitrogens with zero attached hydrogens (tertiary/aromatic N) is 2. The number of benzene rings is 2. The predicted octanol–water partition coefficient (Wildman–Crippen LogP) is 4.12. The molecule has 128 valence electrons. The van der Waals surface area contributed by atoms with Gasteiger partial charge in [-0.05, 0) is 31.9 Å². The Morgan fingerprint density at radius 2 is 1.72 bits per heavy atom. The van der Waals surface area contributed by atoms with Crippen molar-refractivity contribution in [3.8, 4) is 16.9 Å². The monoisotopic (exact) mass is 351 g/mol. The van der Waals surface area contributed by atoms with E-state index in [1.807, 2.05) is 30.5 Å². The summed E-state index contributed by atoms with van der Waals surface area (Å²) in [6.07, 6.45) is 1.86. The van der Waals surface area contributed by atoms with Crippen molar-refractivity contribution in [3.05, 3.63) is 65.9 Å². The van der Waals surface area contributed by atoms with E-state index in [2.05, 4.69) is 47.7 Å². The molecule has 0 unspecified atom stereocenters. The predicted molar refractivity (Wildman–Crippen MR) is 103 cm³/mol. The van der Waals surface area contributed by atoms with E-state index in [4.69, 9.17) is 5.73 Å². The highest BCUT2D eigenvalue weighted by Gasteiger charge is 2.20. The zero-order chi connectivity index (χ0) is 18.0. The van der Waals surface area contributed by atoms with Crippen LogP contribution in [0.15, 0.2) is 59.9 Å². The van der Waals surface area contributed by atoms with Crippen LogP contribution in [0.25, 0.3) is 16.9 Å². The average Bonchev–Trinajstić information content (AvgIpc) is 2.99. The molecule has 0 saturated heterocycles. The fourth-order valence-corrected chi connectivity index (χ4v) is 3.66. The Morgan fingerprint density at radius 3 is 2.32 bits per heavy atom. The van der Waals surface area contributed by atoms with Crippen LogP contribution >= 0.6 is 11.8 Å². The molecular weight excluding hydrogens is 330 g/mol. The number of imidazole rings is 1. The minimum atomic E-state index is -0.353. The van der Waals surface area contributed by atoms with Crippen molar-refractivity contribution in [1.82, 2.24) is 9.55 Å². The zero-order valence-electron chi connectivity index (χ0n) is 14.6. The molecule has 5 heteroatoms. The van der Waals surface area contributed by atoms with Crippen LogP contribution < -0.4 is 5.73 Å².